The predicted octanol–water partition coefficient (Wildman–Crippen LogP) is 2.06. The summed E-state index contributed by atoms with van der Waals surface area (Å²) in [5.41, 5.74) is 8.01. The molecular formula is C28H32ClN5O7P+. The summed E-state index contributed by atoms with van der Waals surface area (Å²) >= 11 is 5.70. The maximum absolute atomic E-state index is 13.8. The Morgan fingerprint density at radius 1 is 1.07 bits per heavy atom. The van der Waals surface area contributed by atoms with E-state index in [0.29, 0.717) is 24.8 Å². The van der Waals surface area contributed by atoms with Gasteiger partial charge in [0, 0.05) is 41.1 Å². The number of hydrogen-bond acceptors (Lipinski definition) is 6. The number of H-pyrrole nitrogens is 1. The van der Waals surface area contributed by atoms with Gasteiger partial charge in [0.1, 0.15) is 24.0 Å². The molecule has 42 heavy (non-hydrogen) atoms. The van der Waals surface area contributed by atoms with Gasteiger partial charge in [-0.1, -0.05) is 30.3 Å². The standard InChI is InChI=1S/C28H31ClN5O7P/c29-15-25(35)32-23(13-17-8-10-19(11-9-17)41-42(39)40)28(38)34-12-4-3-7-24(34)27(37)33-22(26(30)36)14-18-16-31-21-6-2-1-5-20(18)21/h1-2,5-6,8-11,16,22-24,31H,3-4,7,12-15H2,(H4-,30,32,33,35,36,37,39,40)/p+1/t22-,23-,24-/m0/s1. The molecule has 1 unspecified atom stereocenters. The van der Waals surface area contributed by atoms with Gasteiger partial charge in [-0.05, 0) is 48.6 Å². The Morgan fingerprint density at radius 3 is 2.50 bits per heavy atom. The molecule has 12 nitrogen and oxygen atoms in total. The fourth-order valence-electron chi connectivity index (χ4n) is 5.12. The number of primary amides is 1. The van der Waals surface area contributed by atoms with Crippen LogP contribution in [0.2, 0.25) is 0 Å². The average molecular weight is 617 g/mol. The number of fused-ring (bicyclic) bond motifs is 1. The van der Waals surface area contributed by atoms with E-state index < -0.39 is 50.0 Å². The Kier molecular flexibility index (Phi) is 10.5. The fourth-order valence-corrected chi connectivity index (χ4v) is 5.50. The van der Waals surface area contributed by atoms with Crippen LogP contribution < -0.4 is 20.9 Å². The molecule has 2 aromatic carbocycles. The monoisotopic (exact) mass is 616 g/mol. The van der Waals surface area contributed by atoms with Crippen molar-refractivity contribution >= 4 is 54.4 Å². The second-order valence-electron chi connectivity index (χ2n) is 10.0. The largest absolute Gasteiger partial charge is 0.747 e. The van der Waals surface area contributed by atoms with E-state index in [1.165, 1.54) is 17.0 Å². The van der Waals surface area contributed by atoms with Gasteiger partial charge in [0.05, 0.1) is 0 Å². The molecule has 1 fully saturated rings. The van der Waals surface area contributed by atoms with Gasteiger partial charge in [0.25, 0.3) is 0 Å². The first-order valence-corrected chi connectivity index (χ1v) is 15.1. The number of benzene rings is 2. The molecule has 14 heteroatoms. The van der Waals surface area contributed by atoms with Crippen LogP contribution >= 0.6 is 19.9 Å². The van der Waals surface area contributed by atoms with Crippen LogP contribution in [-0.4, -0.2) is 69.0 Å². The molecule has 0 saturated carbocycles. The maximum Gasteiger partial charge on any atom is 0.747 e. The van der Waals surface area contributed by atoms with Crippen molar-refractivity contribution in [3.05, 3.63) is 65.9 Å². The van der Waals surface area contributed by atoms with E-state index in [4.69, 9.17) is 26.8 Å². The number of aromatic nitrogens is 1. The zero-order chi connectivity index (χ0) is 30.2. The van der Waals surface area contributed by atoms with Crippen LogP contribution in [0.4, 0.5) is 0 Å². The fraction of sp³-hybridized carbons (Fsp3) is 0.357. The molecule has 3 aromatic rings. The Morgan fingerprint density at radius 2 is 1.81 bits per heavy atom. The van der Waals surface area contributed by atoms with E-state index >= 15 is 0 Å². The number of alkyl halides is 1. The van der Waals surface area contributed by atoms with Crippen molar-refractivity contribution in [1.29, 1.82) is 0 Å². The van der Waals surface area contributed by atoms with E-state index in [-0.39, 0.29) is 31.0 Å². The van der Waals surface area contributed by atoms with E-state index in [1.54, 1.807) is 18.3 Å². The predicted molar refractivity (Wildman–Crippen MR) is 156 cm³/mol. The van der Waals surface area contributed by atoms with Crippen molar-refractivity contribution in [2.24, 2.45) is 5.73 Å². The minimum absolute atomic E-state index is 0.0717. The van der Waals surface area contributed by atoms with Gasteiger partial charge < -0.3 is 26.3 Å². The van der Waals surface area contributed by atoms with E-state index in [1.807, 2.05) is 24.3 Å². The number of aromatic amines is 1. The van der Waals surface area contributed by atoms with Crippen molar-refractivity contribution in [3.63, 3.8) is 0 Å². The molecule has 0 spiro atoms. The summed E-state index contributed by atoms with van der Waals surface area (Å²) in [7, 11) is -2.83. The van der Waals surface area contributed by atoms with Crippen LogP contribution in [0.25, 0.3) is 10.9 Å². The number of likely N-dealkylation sites (tertiary alicyclic amines) is 1. The summed E-state index contributed by atoms with van der Waals surface area (Å²) in [5.74, 6) is -2.43. The first-order valence-electron chi connectivity index (χ1n) is 13.4. The van der Waals surface area contributed by atoms with Crippen molar-refractivity contribution < 1.29 is 33.2 Å². The van der Waals surface area contributed by atoms with Crippen molar-refractivity contribution in [3.8, 4) is 5.75 Å². The number of carbonyl (C=O) groups is 4. The van der Waals surface area contributed by atoms with Gasteiger partial charge in [0.2, 0.25) is 23.6 Å². The third-order valence-electron chi connectivity index (χ3n) is 7.15. The molecule has 0 aliphatic carbocycles. The molecule has 222 valence electrons. The molecule has 4 rings (SSSR count). The number of para-hydroxylation sites is 1. The number of hydrogen-bond donors (Lipinski definition) is 5. The van der Waals surface area contributed by atoms with Gasteiger partial charge in [0.15, 0.2) is 5.75 Å². The van der Waals surface area contributed by atoms with Crippen LogP contribution in [-0.2, 0) is 36.6 Å². The third kappa shape index (κ3) is 7.84. The number of nitrogens with one attached hydrogen (secondary N) is 3. The van der Waals surface area contributed by atoms with Gasteiger partial charge in [-0.3, -0.25) is 19.2 Å². The number of rotatable bonds is 12. The smallest absolute Gasteiger partial charge is 0.368 e. The molecular weight excluding hydrogens is 585 g/mol. The van der Waals surface area contributed by atoms with E-state index in [2.05, 4.69) is 15.6 Å². The molecule has 1 aliphatic heterocycles. The number of amides is 4. The minimum Gasteiger partial charge on any atom is -0.368 e. The summed E-state index contributed by atoms with van der Waals surface area (Å²) in [5, 5.41) is 6.30. The Labute approximate surface area is 247 Å². The first-order chi connectivity index (χ1) is 20.2. The van der Waals surface area contributed by atoms with Crippen LogP contribution in [0.1, 0.15) is 30.4 Å². The highest BCUT2D eigenvalue weighted by molar-refractivity contribution is 7.32. The number of nitrogens with two attached hydrogens (primary N) is 1. The molecule has 0 radical (unpaired) electrons. The molecule has 1 saturated heterocycles. The second kappa shape index (κ2) is 14.3. The van der Waals surface area contributed by atoms with Crippen LogP contribution in [0.3, 0.4) is 0 Å². The van der Waals surface area contributed by atoms with E-state index in [0.717, 1.165) is 16.5 Å². The number of carbonyl (C=O) groups excluding carboxylic acids is 4. The lowest BCUT2D eigenvalue weighted by Gasteiger charge is -2.37. The highest BCUT2D eigenvalue weighted by atomic mass is 35.5. The SMILES string of the molecule is NC(=O)[C@H](Cc1c[nH]c2ccccc12)NC(=O)[C@@H]1CCCCN1C(=O)[C@H](Cc1ccc(O[P+](=O)O)cc1)NC(=O)CCl. The van der Waals surface area contributed by atoms with Crippen molar-refractivity contribution in [1.82, 2.24) is 20.5 Å². The average Bonchev–Trinajstić information content (AvgIpc) is 3.39. The van der Waals surface area contributed by atoms with Gasteiger partial charge in [-0.2, -0.15) is 0 Å². The molecule has 6 N–H and O–H groups in total. The molecule has 1 aliphatic rings. The van der Waals surface area contributed by atoms with Crippen molar-refractivity contribution in [2.75, 3.05) is 12.4 Å². The summed E-state index contributed by atoms with van der Waals surface area (Å²) in [6, 6.07) is 10.8. The van der Waals surface area contributed by atoms with E-state index in [9.17, 15) is 23.7 Å². The van der Waals surface area contributed by atoms with Gasteiger partial charge in [-0.15, -0.1) is 16.5 Å². The second-order valence-corrected chi connectivity index (χ2v) is 10.9. The van der Waals surface area contributed by atoms with Crippen molar-refractivity contribution in [2.45, 2.75) is 50.2 Å². The highest BCUT2D eigenvalue weighted by Crippen LogP contribution is 2.25. The molecule has 4 amide bonds. The summed E-state index contributed by atoms with van der Waals surface area (Å²) in [4.78, 5) is 65.4. The maximum atomic E-state index is 13.8. The Balaban J connectivity index is 1.50. The highest BCUT2D eigenvalue weighted by Gasteiger charge is 2.37. The van der Waals surface area contributed by atoms with Gasteiger partial charge in [-0.25, -0.2) is 4.52 Å². The van der Waals surface area contributed by atoms with Crippen LogP contribution in [0.15, 0.2) is 54.7 Å². The van der Waals surface area contributed by atoms with Gasteiger partial charge >= 0.3 is 8.25 Å². The topological polar surface area (TPSA) is 184 Å². The zero-order valence-corrected chi connectivity index (χ0v) is 24.3. The molecule has 0 bridgehead atoms. The molecule has 2 heterocycles. The summed E-state index contributed by atoms with van der Waals surface area (Å²) < 4.78 is 15.7. The minimum atomic E-state index is -2.83. The molecule has 1 aromatic heterocycles. The Hall–Kier alpha value is -3.99. The normalized spacial score (nSPS) is 16.8. The summed E-state index contributed by atoms with van der Waals surface area (Å²) in [6.45, 7) is 0.282. The lowest BCUT2D eigenvalue weighted by atomic mass is 9.97. The molecule has 4 atom stereocenters. The van der Waals surface area contributed by atoms with Crippen LogP contribution in [0, 0.1) is 0 Å². The third-order valence-corrected chi connectivity index (χ3v) is 7.76. The van der Waals surface area contributed by atoms with Crippen LogP contribution in [0.5, 0.6) is 5.75 Å². The number of nitrogens with zero attached hydrogens (tertiary/aromatic N) is 1. The zero-order valence-electron chi connectivity index (χ0n) is 22.6. The number of halogens is 1. The Bertz CT molecular complexity index is 1460. The number of piperidine rings is 1. The lowest BCUT2D eigenvalue weighted by Crippen LogP contribution is -2.60. The quantitative estimate of drug-likeness (QED) is 0.152. The summed E-state index contributed by atoms with van der Waals surface area (Å²) in [6.07, 6.45) is 3.74. The first kappa shape index (κ1) is 31.0. The lowest BCUT2D eigenvalue weighted by molar-refractivity contribution is -0.145.